The predicted octanol–water partition coefficient (Wildman–Crippen LogP) is 4.71. The third kappa shape index (κ3) is 3.24. The number of aromatic nitrogens is 1. The number of fused-ring (bicyclic) bond motifs is 2. The fourth-order valence-corrected chi connectivity index (χ4v) is 4.91. The Hall–Kier alpha value is -3.63. The van der Waals surface area contributed by atoms with Crippen LogP contribution in [0, 0.1) is 11.3 Å². The summed E-state index contributed by atoms with van der Waals surface area (Å²) in [5.41, 5.74) is 5.15. The molecule has 5 rings (SSSR count). The molecule has 1 unspecified atom stereocenters. The smallest absolute Gasteiger partial charge is 0.408 e. The van der Waals surface area contributed by atoms with Crippen LogP contribution in [-0.4, -0.2) is 15.4 Å². The van der Waals surface area contributed by atoms with Gasteiger partial charge < -0.3 is 9.32 Å². The van der Waals surface area contributed by atoms with Crippen LogP contribution in [0.2, 0.25) is 0 Å². The molecule has 6 nitrogen and oxygen atoms in total. The number of benzene rings is 3. The van der Waals surface area contributed by atoms with Crippen molar-refractivity contribution in [3.63, 3.8) is 0 Å². The number of hydrogen-bond donors (Lipinski definition) is 0. The van der Waals surface area contributed by atoms with Gasteiger partial charge >= 0.3 is 5.76 Å². The standard InChI is InChI=1S/C25H18BrN3O3/c1-28-21-10-9-15(11-23(21)32-25(28)31)14-29-22(17-6-2-3-7-18(17)24(29)30)12-19-16(13-27)5-4-8-20(19)26/h2-11,22H,12,14H2,1H3. The summed E-state index contributed by atoms with van der Waals surface area (Å²) < 4.78 is 7.62. The van der Waals surface area contributed by atoms with Crippen LogP contribution in [0.25, 0.3) is 11.1 Å². The molecule has 0 saturated heterocycles. The number of oxazole rings is 1. The first-order valence-electron chi connectivity index (χ1n) is 10.1. The van der Waals surface area contributed by atoms with E-state index in [1.54, 1.807) is 13.1 Å². The second-order valence-corrected chi connectivity index (χ2v) is 8.70. The number of carbonyl (C=O) groups excluding carboxylic acids is 1. The third-order valence-corrected chi connectivity index (χ3v) is 6.78. The molecule has 2 heterocycles. The van der Waals surface area contributed by atoms with Crippen LogP contribution < -0.4 is 5.76 Å². The molecule has 0 fully saturated rings. The van der Waals surface area contributed by atoms with Crippen LogP contribution >= 0.6 is 15.9 Å². The van der Waals surface area contributed by atoms with Crippen molar-refractivity contribution >= 4 is 32.9 Å². The number of nitrogens with zero attached hydrogens (tertiary/aromatic N) is 3. The molecule has 158 valence electrons. The Balaban J connectivity index is 1.55. The van der Waals surface area contributed by atoms with E-state index in [-0.39, 0.29) is 11.9 Å². The molecule has 32 heavy (non-hydrogen) atoms. The second-order valence-electron chi connectivity index (χ2n) is 7.85. The van der Waals surface area contributed by atoms with E-state index >= 15 is 0 Å². The van der Waals surface area contributed by atoms with Crippen LogP contribution in [0.1, 0.15) is 38.7 Å². The molecule has 4 aromatic rings. The molecule has 1 aliphatic heterocycles. The second kappa shape index (κ2) is 7.81. The van der Waals surface area contributed by atoms with Gasteiger partial charge in [0.05, 0.1) is 23.2 Å². The maximum absolute atomic E-state index is 13.3. The van der Waals surface area contributed by atoms with Crippen molar-refractivity contribution < 1.29 is 9.21 Å². The molecule has 0 N–H and O–H groups in total. The Bertz CT molecular complexity index is 1480. The molecule has 1 aromatic heterocycles. The highest BCUT2D eigenvalue weighted by atomic mass is 79.9. The zero-order valence-electron chi connectivity index (χ0n) is 17.2. The van der Waals surface area contributed by atoms with E-state index in [9.17, 15) is 14.9 Å². The van der Waals surface area contributed by atoms with Crippen LogP contribution in [0.3, 0.4) is 0 Å². The Morgan fingerprint density at radius 3 is 2.72 bits per heavy atom. The molecule has 0 aliphatic carbocycles. The summed E-state index contributed by atoms with van der Waals surface area (Å²) >= 11 is 3.57. The van der Waals surface area contributed by atoms with Gasteiger partial charge in [0, 0.05) is 23.6 Å². The molecular formula is C25H18BrN3O3. The fourth-order valence-electron chi connectivity index (χ4n) is 4.39. The Morgan fingerprint density at radius 1 is 1.09 bits per heavy atom. The lowest BCUT2D eigenvalue weighted by molar-refractivity contribution is 0.0709. The summed E-state index contributed by atoms with van der Waals surface area (Å²) in [6, 6.07) is 20.7. The summed E-state index contributed by atoms with van der Waals surface area (Å²) in [6.45, 7) is 0.360. The molecule has 3 aromatic carbocycles. The van der Waals surface area contributed by atoms with E-state index in [4.69, 9.17) is 4.42 Å². The average molecular weight is 488 g/mol. The summed E-state index contributed by atoms with van der Waals surface area (Å²) in [7, 11) is 1.66. The van der Waals surface area contributed by atoms with Crippen molar-refractivity contribution in [2.24, 2.45) is 7.05 Å². The number of hydrogen-bond acceptors (Lipinski definition) is 4. The van der Waals surface area contributed by atoms with E-state index in [0.29, 0.717) is 35.2 Å². The first-order valence-corrected chi connectivity index (χ1v) is 10.9. The molecule has 1 atom stereocenters. The number of halogens is 1. The van der Waals surface area contributed by atoms with E-state index in [2.05, 4.69) is 22.0 Å². The number of nitriles is 1. The molecule has 0 radical (unpaired) electrons. The minimum atomic E-state index is -0.419. The van der Waals surface area contributed by atoms with Gasteiger partial charge in [-0.15, -0.1) is 0 Å². The summed E-state index contributed by atoms with van der Waals surface area (Å²) in [5.74, 6) is -0.469. The van der Waals surface area contributed by atoms with E-state index in [1.165, 1.54) is 4.57 Å². The van der Waals surface area contributed by atoms with Crippen molar-refractivity contribution in [1.82, 2.24) is 9.47 Å². The van der Waals surface area contributed by atoms with Crippen molar-refractivity contribution in [2.75, 3.05) is 0 Å². The minimum absolute atomic E-state index is 0.0502. The highest BCUT2D eigenvalue weighted by molar-refractivity contribution is 9.10. The Kier molecular flexibility index (Phi) is 4.95. The van der Waals surface area contributed by atoms with Gasteiger partial charge in [0.25, 0.3) is 5.91 Å². The summed E-state index contributed by atoms with van der Waals surface area (Å²) in [4.78, 5) is 27.0. The van der Waals surface area contributed by atoms with Crippen LogP contribution in [0.4, 0.5) is 0 Å². The van der Waals surface area contributed by atoms with Crippen LogP contribution in [0.15, 0.2) is 74.3 Å². The number of carbonyl (C=O) groups is 1. The van der Waals surface area contributed by atoms with Crippen molar-refractivity contribution in [3.8, 4) is 6.07 Å². The molecule has 0 spiro atoms. The minimum Gasteiger partial charge on any atom is -0.408 e. The highest BCUT2D eigenvalue weighted by Gasteiger charge is 2.37. The van der Waals surface area contributed by atoms with Crippen LogP contribution in [0.5, 0.6) is 0 Å². The van der Waals surface area contributed by atoms with Crippen molar-refractivity contribution in [1.29, 1.82) is 5.26 Å². The van der Waals surface area contributed by atoms with Crippen molar-refractivity contribution in [2.45, 2.75) is 19.0 Å². The van der Waals surface area contributed by atoms with Gasteiger partial charge in [-0.05, 0) is 53.4 Å². The number of amides is 1. The first-order chi connectivity index (χ1) is 15.5. The molecule has 7 heteroatoms. The molecule has 0 saturated carbocycles. The van der Waals surface area contributed by atoms with Gasteiger partial charge in [-0.3, -0.25) is 9.36 Å². The maximum atomic E-state index is 13.3. The molecule has 1 amide bonds. The highest BCUT2D eigenvalue weighted by Crippen LogP contribution is 2.39. The van der Waals surface area contributed by atoms with Gasteiger partial charge in [0.1, 0.15) is 0 Å². The maximum Gasteiger partial charge on any atom is 0.419 e. The molecule has 0 bridgehead atoms. The zero-order chi connectivity index (χ0) is 22.4. The zero-order valence-corrected chi connectivity index (χ0v) is 18.8. The van der Waals surface area contributed by atoms with Gasteiger partial charge in [-0.1, -0.05) is 46.3 Å². The molecular weight excluding hydrogens is 470 g/mol. The van der Waals surface area contributed by atoms with Gasteiger partial charge in [-0.2, -0.15) is 5.26 Å². The lowest BCUT2D eigenvalue weighted by atomic mass is 9.95. The van der Waals surface area contributed by atoms with E-state index in [0.717, 1.165) is 21.2 Å². The van der Waals surface area contributed by atoms with E-state index in [1.807, 2.05) is 59.5 Å². The predicted molar refractivity (Wildman–Crippen MR) is 123 cm³/mol. The van der Waals surface area contributed by atoms with Gasteiger partial charge in [0.15, 0.2) is 5.58 Å². The number of aryl methyl sites for hydroxylation is 1. The third-order valence-electron chi connectivity index (χ3n) is 6.03. The lowest BCUT2D eigenvalue weighted by Crippen LogP contribution is -2.29. The van der Waals surface area contributed by atoms with Crippen molar-refractivity contribution in [3.05, 3.63) is 104 Å². The topological polar surface area (TPSA) is 79.2 Å². The SMILES string of the molecule is Cn1c(=O)oc2cc(CN3C(=O)c4ccccc4C3Cc3c(Br)cccc3C#N)ccc21. The Morgan fingerprint density at radius 2 is 1.91 bits per heavy atom. The van der Waals surface area contributed by atoms with Crippen LogP contribution in [-0.2, 0) is 20.0 Å². The molecule has 1 aliphatic rings. The Labute approximate surface area is 192 Å². The van der Waals surface area contributed by atoms with E-state index < -0.39 is 5.76 Å². The quantitative estimate of drug-likeness (QED) is 0.417. The number of rotatable bonds is 4. The van der Waals surface area contributed by atoms with Gasteiger partial charge in [0.2, 0.25) is 0 Å². The lowest BCUT2D eigenvalue weighted by Gasteiger charge is -2.26. The summed E-state index contributed by atoms with van der Waals surface area (Å²) in [6.07, 6.45) is 0.510. The first kappa shape index (κ1) is 20.3. The summed E-state index contributed by atoms with van der Waals surface area (Å²) in [5, 5.41) is 9.60. The fraction of sp³-hybridized carbons (Fsp3) is 0.160. The average Bonchev–Trinajstić information content (AvgIpc) is 3.23. The monoisotopic (exact) mass is 487 g/mol. The normalized spacial score (nSPS) is 15.2. The van der Waals surface area contributed by atoms with Gasteiger partial charge in [-0.25, -0.2) is 4.79 Å². The largest absolute Gasteiger partial charge is 0.419 e.